The zero-order valence-electron chi connectivity index (χ0n) is 14.4. The van der Waals surface area contributed by atoms with Crippen LogP contribution < -0.4 is 14.8 Å². The van der Waals surface area contributed by atoms with Gasteiger partial charge >= 0.3 is 0 Å². The number of nitrogens with one attached hydrogen (secondary N) is 1. The van der Waals surface area contributed by atoms with Crippen LogP contribution in [0.2, 0.25) is 0 Å². The van der Waals surface area contributed by atoms with Gasteiger partial charge in [0.05, 0.1) is 13.2 Å². The van der Waals surface area contributed by atoms with Gasteiger partial charge in [-0.15, -0.1) is 0 Å². The summed E-state index contributed by atoms with van der Waals surface area (Å²) in [5, 5.41) is 3.30. The Morgan fingerprint density at radius 1 is 1.22 bits per heavy atom. The molecular weight excluding hydrogens is 292 g/mol. The van der Waals surface area contributed by atoms with Crippen LogP contribution in [-0.4, -0.2) is 49.7 Å². The minimum absolute atomic E-state index is 0.0578. The summed E-state index contributed by atoms with van der Waals surface area (Å²) < 4.78 is 11.5. The van der Waals surface area contributed by atoms with E-state index in [4.69, 9.17) is 9.47 Å². The van der Waals surface area contributed by atoms with Crippen molar-refractivity contribution in [2.45, 2.75) is 39.7 Å². The SMILES string of the molecule is CCCOc1ccc(C(=O)N2CCNCC2C)cc1OCCC. The average molecular weight is 320 g/mol. The number of piperazine rings is 1. The maximum atomic E-state index is 12.8. The van der Waals surface area contributed by atoms with Crippen LogP contribution in [0.5, 0.6) is 11.5 Å². The third-order valence-corrected chi connectivity index (χ3v) is 3.88. The van der Waals surface area contributed by atoms with Gasteiger partial charge in [-0.2, -0.15) is 0 Å². The summed E-state index contributed by atoms with van der Waals surface area (Å²) in [5.74, 6) is 1.43. The van der Waals surface area contributed by atoms with Gasteiger partial charge in [0.25, 0.3) is 5.91 Å². The van der Waals surface area contributed by atoms with Crippen LogP contribution in [0.1, 0.15) is 44.0 Å². The molecule has 1 N–H and O–H groups in total. The molecular formula is C18H28N2O3. The highest BCUT2D eigenvalue weighted by Gasteiger charge is 2.24. The third-order valence-electron chi connectivity index (χ3n) is 3.88. The number of carbonyl (C=O) groups excluding carboxylic acids is 1. The van der Waals surface area contributed by atoms with Crippen LogP contribution in [0.3, 0.4) is 0 Å². The Hall–Kier alpha value is -1.75. The van der Waals surface area contributed by atoms with Crippen molar-refractivity contribution in [1.29, 1.82) is 0 Å². The second-order valence-electron chi connectivity index (χ2n) is 5.91. The van der Waals surface area contributed by atoms with Crippen LogP contribution in [0.25, 0.3) is 0 Å². The zero-order chi connectivity index (χ0) is 16.7. The minimum atomic E-state index is 0.0578. The predicted octanol–water partition coefficient (Wildman–Crippen LogP) is 2.70. The molecule has 0 radical (unpaired) electrons. The Morgan fingerprint density at radius 3 is 2.57 bits per heavy atom. The fourth-order valence-corrected chi connectivity index (χ4v) is 2.61. The van der Waals surface area contributed by atoms with Gasteiger partial charge < -0.3 is 19.7 Å². The maximum Gasteiger partial charge on any atom is 0.254 e. The number of carbonyl (C=O) groups is 1. The molecule has 5 nitrogen and oxygen atoms in total. The van der Waals surface area contributed by atoms with E-state index < -0.39 is 0 Å². The van der Waals surface area contributed by atoms with E-state index in [1.165, 1.54) is 0 Å². The van der Waals surface area contributed by atoms with E-state index in [0.717, 1.165) is 32.5 Å². The fraction of sp³-hybridized carbons (Fsp3) is 0.611. The largest absolute Gasteiger partial charge is 0.490 e. The quantitative estimate of drug-likeness (QED) is 0.839. The topological polar surface area (TPSA) is 50.8 Å². The van der Waals surface area contributed by atoms with Crippen LogP contribution in [-0.2, 0) is 0 Å². The van der Waals surface area contributed by atoms with E-state index in [1.54, 1.807) is 0 Å². The number of hydrogen-bond acceptors (Lipinski definition) is 4. The molecule has 1 heterocycles. The lowest BCUT2D eigenvalue weighted by molar-refractivity contribution is 0.0655. The van der Waals surface area contributed by atoms with Crippen molar-refractivity contribution in [2.24, 2.45) is 0 Å². The number of ether oxygens (including phenoxy) is 2. The van der Waals surface area contributed by atoms with E-state index in [1.807, 2.05) is 23.1 Å². The summed E-state index contributed by atoms with van der Waals surface area (Å²) in [4.78, 5) is 14.7. The molecule has 2 rings (SSSR count). The lowest BCUT2D eigenvalue weighted by Gasteiger charge is -2.34. The number of benzene rings is 1. The van der Waals surface area contributed by atoms with Gasteiger partial charge in [-0.05, 0) is 38.0 Å². The average Bonchev–Trinajstić information content (AvgIpc) is 2.58. The fourth-order valence-electron chi connectivity index (χ4n) is 2.61. The van der Waals surface area contributed by atoms with Crippen molar-refractivity contribution in [1.82, 2.24) is 10.2 Å². The first-order chi connectivity index (χ1) is 11.2. The number of rotatable bonds is 7. The number of nitrogens with zero attached hydrogens (tertiary/aromatic N) is 1. The standard InChI is InChI=1S/C18H28N2O3/c1-4-10-22-16-7-6-15(12-17(16)23-11-5-2)18(21)20-9-8-19-13-14(20)3/h6-7,12,14,19H,4-5,8-11,13H2,1-3H3. The molecule has 1 aromatic carbocycles. The Balaban J connectivity index is 2.19. The van der Waals surface area contributed by atoms with Crippen LogP contribution in [0.15, 0.2) is 18.2 Å². The summed E-state index contributed by atoms with van der Waals surface area (Å²) in [6.45, 7) is 9.86. The third kappa shape index (κ3) is 4.61. The second-order valence-corrected chi connectivity index (χ2v) is 5.91. The van der Waals surface area contributed by atoms with Gasteiger partial charge in [-0.3, -0.25) is 4.79 Å². The van der Waals surface area contributed by atoms with E-state index in [0.29, 0.717) is 30.3 Å². The monoisotopic (exact) mass is 320 g/mol. The van der Waals surface area contributed by atoms with Crippen molar-refractivity contribution >= 4 is 5.91 Å². The molecule has 0 aliphatic carbocycles. The normalized spacial score (nSPS) is 17.9. The molecule has 1 aliphatic rings. The van der Waals surface area contributed by atoms with Crippen LogP contribution in [0, 0.1) is 0 Å². The highest BCUT2D eigenvalue weighted by atomic mass is 16.5. The molecule has 1 aromatic rings. The molecule has 0 aromatic heterocycles. The van der Waals surface area contributed by atoms with Gasteiger partial charge in [-0.25, -0.2) is 0 Å². The lowest BCUT2D eigenvalue weighted by Crippen LogP contribution is -2.52. The first kappa shape index (κ1) is 17.6. The highest BCUT2D eigenvalue weighted by molar-refractivity contribution is 5.95. The molecule has 1 saturated heterocycles. The maximum absolute atomic E-state index is 12.8. The highest BCUT2D eigenvalue weighted by Crippen LogP contribution is 2.29. The van der Waals surface area contributed by atoms with Crippen molar-refractivity contribution < 1.29 is 14.3 Å². The van der Waals surface area contributed by atoms with Crippen molar-refractivity contribution in [3.63, 3.8) is 0 Å². The molecule has 128 valence electrons. The number of amides is 1. The minimum Gasteiger partial charge on any atom is -0.490 e. The smallest absolute Gasteiger partial charge is 0.254 e. The first-order valence-corrected chi connectivity index (χ1v) is 8.58. The summed E-state index contributed by atoms with van der Waals surface area (Å²) in [7, 11) is 0. The first-order valence-electron chi connectivity index (χ1n) is 8.58. The van der Waals surface area contributed by atoms with Crippen molar-refractivity contribution in [3.8, 4) is 11.5 Å². The molecule has 1 unspecified atom stereocenters. The molecule has 0 saturated carbocycles. The molecule has 1 fully saturated rings. The predicted molar refractivity (Wildman–Crippen MR) is 91.4 cm³/mol. The van der Waals surface area contributed by atoms with E-state index >= 15 is 0 Å². The number of hydrogen-bond donors (Lipinski definition) is 1. The molecule has 0 bridgehead atoms. The van der Waals surface area contributed by atoms with Gasteiger partial charge in [0.2, 0.25) is 0 Å². The summed E-state index contributed by atoms with van der Waals surface area (Å²) in [6.07, 6.45) is 1.85. The van der Waals surface area contributed by atoms with E-state index in [9.17, 15) is 4.79 Å². The van der Waals surface area contributed by atoms with Crippen molar-refractivity contribution in [3.05, 3.63) is 23.8 Å². The van der Waals surface area contributed by atoms with Crippen LogP contribution >= 0.6 is 0 Å². The molecule has 1 aliphatic heterocycles. The lowest BCUT2D eigenvalue weighted by atomic mass is 10.1. The van der Waals surface area contributed by atoms with Gasteiger partial charge in [0, 0.05) is 31.2 Å². The van der Waals surface area contributed by atoms with E-state index in [-0.39, 0.29) is 11.9 Å². The summed E-state index contributed by atoms with van der Waals surface area (Å²) in [5.41, 5.74) is 0.661. The summed E-state index contributed by atoms with van der Waals surface area (Å²) in [6, 6.07) is 5.70. The van der Waals surface area contributed by atoms with Gasteiger partial charge in [0.15, 0.2) is 11.5 Å². The zero-order valence-corrected chi connectivity index (χ0v) is 14.4. The Morgan fingerprint density at radius 2 is 1.91 bits per heavy atom. The Kier molecular flexibility index (Phi) is 6.71. The van der Waals surface area contributed by atoms with Gasteiger partial charge in [-0.1, -0.05) is 13.8 Å². The molecule has 23 heavy (non-hydrogen) atoms. The second kappa shape index (κ2) is 8.77. The molecule has 1 atom stereocenters. The van der Waals surface area contributed by atoms with E-state index in [2.05, 4.69) is 26.1 Å². The Bertz CT molecular complexity index is 519. The van der Waals surface area contributed by atoms with Crippen molar-refractivity contribution in [2.75, 3.05) is 32.8 Å². The Labute approximate surface area is 139 Å². The van der Waals surface area contributed by atoms with Gasteiger partial charge in [0.1, 0.15) is 0 Å². The molecule has 1 amide bonds. The molecule has 0 spiro atoms. The summed E-state index contributed by atoms with van der Waals surface area (Å²) >= 11 is 0. The molecule has 5 heteroatoms. The van der Waals surface area contributed by atoms with Crippen LogP contribution in [0.4, 0.5) is 0 Å².